The van der Waals surface area contributed by atoms with E-state index >= 15 is 0 Å². The average molecular weight is 1170 g/mol. The summed E-state index contributed by atoms with van der Waals surface area (Å²) in [7, 11) is 0. The molecule has 3 amide bonds. The fourth-order valence-electron chi connectivity index (χ4n) is 11.1. The van der Waals surface area contributed by atoms with E-state index in [2.05, 4.69) is 170 Å². The summed E-state index contributed by atoms with van der Waals surface area (Å²) >= 11 is 5.17. The highest BCUT2D eigenvalue weighted by Gasteiger charge is 2.60. The van der Waals surface area contributed by atoms with Crippen LogP contribution in [0.25, 0.3) is 21.5 Å². The van der Waals surface area contributed by atoms with Crippen molar-refractivity contribution in [1.82, 2.24) is 50.9 Å². The van der Waals surface area contributed by atoms with Crippen LogP contribution in [0.2, 0.25) is 0 Å². The standard InChI is InChI=1S/C28H34N6O3.C27H33N5O3.C7H14ClNO.2CH4/c1-3-32(4-2)12-11-25(35)34(16-19-9-10-20-7-5-6-8-21(20)13-19)26-23-17-33(18-24(23)26)28-29-14-22(15-30-28)27(36)31-37;1-17(2)16-34-18(3)35-31-26(33)22-12-29-27(30-13-22)32-14-23-24(15-32)25(23)28-11-19-8-9-20-6-4-5-7-21(20)10-19;1-3-9(4-2)6-5-7(8)10;;/h5-10,13-15,23-24,26,37H,3-4,11-12,16-18H2,1-2H3,(H,31,36);4-10,12-13,17-18,23-25,28H,11,14-16H2,1-3H3,(H,31,33);3-6H2,1-2H3;2*1H4. The van der Waals surface area contributed by atoms with Crippen LogP contribution in [0.1, 0.15) is 108 Å². The third-order valence-electron chi connectivity index (χ3n) is 16.1. The Bertz CT molecular complexity index is 3030. The topological polar surface area (TPSA) is 211 Å². The molecule has 454 valence electrons. The number of benzene rings is 4. The summed E-state index contributed by atoms with van der Waals surface area (Å²) < 4.78 is 5.48. The van der Waals surface area contributed by atoms with Gasteiger partial charge in [-0.3, -0.25) is 24.4 Å². The van der Waals surface area contributed by atoms with E-state index in [1.807, 2.05) is 12.1 Å². The number of aromatic nitrogens is 4. The Morgan fingerprint density at radius 3 is 1.60 bits per heavy atom. The molecule has 0 spiro atoms. The summed E-state index contributed by atoms with van der Waals surface area (Å²) in [4.78, 5) is 81.3. The maximum absolute atomic E-state index is 13.5. The quantitative estimate of drug-likeness (QED) is 0.0182. The number of amides is 3. The molecule has 2 aliphatic heterocycles. The van der Waals surface area contributed by atoms with Gasteiger partial charge in [0.05, 0.1) is 17.7 Å². The van der Waals surface area contributed by atoms with Gasteiger partial charge in [-0.05, 0) is 107 Å². The molecule has 2 aromatic heterocycles. The number of hydroxylamine groups is 2. The Morgan fingerprint density at radius 2 is 1.11 bits per heavy atom. The van der Waals surface area contributed by atoms with E-state index in [9.17, 15) is 19.2 Å². The average Bonchev–Trinajstić information content (AvgIpc) is 1.77. The number of hydrogen-bond acceptors (Lipinski definition) is 16. The third kappa shape index (κ3) is 17.9. The number of carbonyl (C=O) groups is 4. The van der Waals surface area contributed by atoms with E-state index in [-0.39, 0.29) is 37.6 Å². The van der Waals surface area contributed by atoms with Crippen molar-refractivity contribution in [3.8, 4) is 0 Å². The van der Waals surface area contributed by atoms with Gasteiger partial charge in [-0.25, -0.2) is 35.7 Å². The first kappa shape index (κ1) is 66.4. The van der Waals surface area contributed by atoms with Crippen molar-refractivity contribution in [2.24, 2.45) is 29.6 Å². The molecule has 0 bridgehead atoms. The molecule has 10 rings (SSSR count). The molecule has 4 fully saturated rings. The molecular weight excluding hydrogens is 1080 g/mol. The molecule has 5 unspecified atom stereocenters. The Labute approximate surface area is 501 Å². The first-order valence-electron chi connectivity index (χ1n) is 29.0. The molecule has 19 nitrogen and oxygen atoms in total. The highest BCUT2D eigenvalue weighted by atomic mass is 35.5. The van der Waals surface area contributed by atoms with Gasteiger partial charge in [-0.2, -0.15) is 0 Å². The summed E-state index contributed by atoms with van der Waals surface area (Å²) in [6.07, 6.45) is 6.37. The van der Waals surface area contributed by atoms with Gasteiger partial charge in [0.1, 0.15) is 0 Å². The maximum Gasteiger partial charge on any atom is 0.278 e. The monoisotopic (exact) mass is 1170 g/mol. The summed E-state index contributed by atoms with van der Waals surface area (Å²) in [5.41, 5.74) is 7.01. The highest BCUT2D eigenvalue weighted by molar-refractivity contribution is 6.63. The molecule has 5 atom stereocenters. The van der Waals surface area contributed by atoms with Crippen molar-refractivity contribution < 1.29 is 34.0 Å². The molecular formula is C64H89ClN12O7. The lowest BCUT2D eigenvalue weighted by atomic mass is 10.1. The second-order valence-corrected chi connectivity index (χ2v) is 22.4. The molecule has 20 heteroatoms. The lowest BCUT2D eigenvalue weighted by Crippen LogP contribution is -2.40. The second kappa shape index (κ2) is 32.0. The van der Waals surface area contributed by atoms with Crippen LogP contribution in [0.4, 0.5) is 11.9 Å². The lowest BCUT2D eigenvalue weighted by molar-refractivity contribution is -0.163. The molecule has 4 aliphatic rings. The molecule has 2 aliphatic carbocycles. The van der Waals surface area contributed by atoms with Crippen LogP contribution in [0, 0.1) is 29.6 Å². The Kier molecular flexibility index (Phi) is 25.3. The van der Waals surface area contributed by atoms with E-state index in [0.29, 0.717) is 79.1 Å². The van der Waals surface area contributed by atoms with E-state index in [1.165, 1.54) is 39.5 Å². The number of piperidine rings is 2. The van der Waals surface area contributed by atoms with E-state index < -0.39 is 18.1 Å². The van der Waals surface area contributed by atoms with Crippen molar-refractivity contribution in [3.63, 3.8) is 0 Å². The summed E-state index contributed by atoms with van der Waals surface area (Å²) in [5, 5.41) is 17.2. The minimum Gasteiger partial charge on any atom is -0.350 e. The number of hydrogen-bond donors (Lipinski definition) is 4. The Balaban J connectivity index is 0.000000228. The summed E-state index contributed by atoms with van der Waals surface area (Å²) in [6.45, 7) is 25.1. The van der Waals surface area contributed by atoms with Crippen molar-refractivity contribution in [2.45, 2.75) is 108 Å². The number of rotatable bonds is 25. The predicted octanol–water partition coefficient (Wildman–Crippen LogP) is 9.23. The molecule has 4 aromatic carbocycles. The summed E-state index contributed by atoms with van der Waals surface area (Å²) in [6, 6.07) is 30.7. The fourth-order valence-corrected chi connectivity index (χ4v) is 11.2. The van der Waals surface area contributed by atoms with Crippen LogP contribution in [-0.4, -0.2) is 153 Å². The Hall–Kier alpha value is -6.71. The van der Waals surface area contributed by atoms with E-state index in [4.69, 9.17) is 26.4 Å². The van der Waals surface area contributed by atoms with Crippen LogP contribution in [0.5, 0.6) is 0 Å². The van der Waals surface area contributed by atoms with E-state index in [1.54, 1.807) is 24.8 Å². The first-order chi connectivity index (χ1) is 39.7. The largest absolute Gasteiger partial charge is 0.350 e. The summed E-state index contributed by atoms with van der Waals surface area (Å²) in [5.74, 6) is 2.79. The number of anilines is 2. The molecule has 4 heterocycles. The van der Waals surface area contributed by atoms with E-state index in [0.717, 1.165) is 77.6 Å². The highest BCUT2D eigenvalue weighted by Crippen LogP contribution is 2.50. The molecule has 2 saturated heterocycles. The van der Waals surface area contributed by atoms with Gasteiger partial charge in [0.15, 0.2) is 6.29 Å². The number of halogens is 1. The molecule has 0 radical (unpaired) electrons. The zero-order valence-corrected chi connectivity index (χ0v) is 49.2. The van der Waals surface area contributed by atoms with Gasteiger partial charge < -0.3 is 34.6 Å². The second-order valence-electron chi connectivity index (χ2n) is 22.0. The molecule has 4 N–H and O–H groups in total. The van der Waals surface area contributed by atoms with Crippen LogP contribution < -0.4 is 26.1 Å². The van der Waals surface area contributed by atoms with Crippen molar-refractivity contribution >= 4 is 68.0 Å². The smallest absolute Gasteiger partial charge is 0.278 e. The van der Waals surface area contributed by atoms with Gasteiger partial charge in [0, 0.05) is 114 Å². The van der Waals surface area contributed by atoms with Gasteiger partial charge in [-0.15, -0.1) is 0 Å². The first-order valence-corrected chi connectivity index (χ1v) is 29.3. The third-order valence-corrected chi connectivity index (χ3v) is 16.2. The number of ether oxygens (including phenoxy) is 1. The van der Waals surface area contributed by atoms with Gasteiger partial charge >= 0.3 is 0 Å². The number of fused-ring (bicyclic) bond motifs is 4. The molecule has 2 saturated carbocycles. The SMILES string of the molecule is C.C.CC(C)COC(C)ONC(=O)c1cnc(N2CC3C(C2)C3NCc2ccc3ccccc3c2)nc1.CCN(CC)CCC(=O)Cl.CCN(CC)CCC(=O)N(Cc1ccc2ccccc2c1)C1C2CN(c3ncc(C(=O)NO)cn3)CC21. The minimum absolute atomic E-state index is 0. The minimum atomic E-state index is -0.636. The zero-order chi connectivity index (χ0) is 58.3. The number of carbonyl (C=O) groups excluding carboxylic acids is 4. The van der Waals surface area contributed by atoms with Crippen LogP contribution >= 0.6 is 11.6 Å². The fraction of sp³-hybridized carbons (Fsp3) is 0.500. The zero-order valence-electron chi connectivity index (χ0n) is 48.4. The van der Waals surface area contributed by atoms with Gasteiger partial charge in [0.2, 0.25) is 23.0 Å². The van der Waals surface area contributed by atoms with Crippen molar-refractivity contribution in [3.05, 3.63) is 132 Å². The van der Waals surface area contributed by atoms with Crippen LogP contribution in [-0.2, 0) is 32.3 Å². The van der Waals surface area contributed by atoms with Crippen LogP contribution in [0.3, 0.4) is 0 Å². The molecule has 6 aromatic rings. The number of nitrogens with zero attached hydrogens (tertiary/aromatic N) is 9. The lowest BCUT2D eigenvalue weighted by Gasteiger charge is -2.29. The van der Waals surface area contributed by atoms with Gasteiger partial charge in [-0.1, -0.05) is 129 Å². The number of nitrogens with one attached hydrogen (secondary N) is 3. The Morgan fingerprint density at radius 1 is 0.643 bits per heavy atom. The van der Waals surface area contributed by atoms with Crippen molar-refractivity contribution in [2.75, 3.05) is 81.9 Å². The molecule has 84 heavy (non-hydrogen) atoms. The maximum atomic E-state index is 13.5. The predicted molar refractivity (Wildman–Crippen MR) is 332 cm³/mol. The normalized spacial score (nSPS) is 19.2. The van der Waals surface area contributed by atoms with Gasteiger partial charge in [0.25, 0.3) is 11.8 Å². The van der Waals surface area contributed by atoms with Crippen molar-refractivity contribution in [1.29, 1.82) is 0 Å². The van der Waals surface area contributed by atoms with Crippen LogP contribution in [0.15, 0.2) is 110 Å².